The van der Waals surface area contributed by atoms with E-state index in [1.807, 2.05) is 43.5 Å². The van der Waals surface area contributed by atoms with Gasteiger partial charge in [0, 0.05) is 16.1 Å². The minimum Gasteiger partial charge on any atom is -0.382 e. The van der Waals surface area contributed by atoms with Gasteiger partial charge in [-0.1, -0.05) is 6.07 Å². The van der Waals surface area contributed by atoms with Crippen LogP contribution < -0.4 is 0 Å². The molecule has 1 atom stereocenters. The largest absolute Gasteiger partial charge is 0.382 e. The molecule has 0 saturated heterocycles. The van der Waals surface area contributed by atoms with Crippen LogP contribution in [-0.4, -0.2) is 10.1 Å². The summed E-state index contributed by atoms with van der Waals surface area (Å²) in [6, 6.07) is 7.66. The summed E-state index contributed by atoms with van der Waals surface area (Å²) in [6.07, 6.45) is -0.601. The van der Waals surface area contributed by atoms with E-state index in [9.17, 15) is 5.11 Å². The van der Waals surface area contributed by atoms with Gasteiger partial charge in [0.05, 0.1) is 5.69 Å². The van der Waals surface area contributed by atoms with Gasteiger partial charge in [-0.15, -0.1) is 11.3 Å². The molecule has 0 aromatic carbocycles. The Morgan fingerprint density at radius 3 is 2.67 bits per heavy atom. The third-order valence-electron chi connectivity index (χ3n) is 2.38. The van der Waals surface area contributed by atoms with E-state index < -0.39 is 6.10 Å². The lowest BCUT2D eigenvalue weighted by Crippen LogP contribution is -2.02. The number of rotatable bonds is 2. The van der Waals surface area contributed by atoms with Gasteiger partial charge in [-0.25, -0.2) is 0 Å². The molecule has 0 fully saturated rings. The van der Waals surface area contributed by atoms with Crippen molar-refractivity contribution in [1.29, 1.82) is 0 Å². The Balaban J connectivity index is 2.36. The van der Waals surface area contributed by atoms with Crippen molar-refractivity contribution in [2.24, 2.45) is 0 Å². The van der Waals surface area contributed by atoms with E-state index in [1.165, 1.54) is 0 Å². The Hall–Kier alpha value is -1.19. The number of hydrogen-bond donors (Lipinski definition) is 1. The molecule has 0 aliphatic rings. The van der Waals surface area contributed by atoms with Crippen LogP contribution in [-0.2, 0) is 0 Å². The topological polar surface area (TPSA) is 33.1 Å². The summed E-state index contributed by atoms with van der Waals surface area (Å²) in [5.74, 6) is 0. The molecule has 0 bridgehead atoms. The molecule has 0 aliphatic carbocycles. The van der Waals surface area contributed by atoms with Gasteiger partial charge in [-0.2, -0.15) is 0 Å². The SMILES string of the molecule is Cc1cccc(C(O)c2ccsc2C)n1. The number of thiophene rings is 1. The predicted molar refractivity (Wildman–Crippen MR) is 62.1 cm³/mol. The molecule has 2 rings (SSSR count). The quantitative estimate of drug-likeness (QED) is 0.842. The predicted octanol–water partition coefficient (Wildman–Crippen LogP) is 2.84. The molecule has 2 aromatic heterocycles. The maximum Gasteiger partial charge on any atom is 0.122 e. The molecule has 3 heteroatoms. The summed E-state index contributed by atoms with van der Waals surface area (Å²) in [4.78, 5) is 5.47. The normalized spacial score (nSPS) is 12.7. The lowest BCUT2D eigenvalue weighted by atomic mass is 10.1. The Bertz CT molecular complexity index is 464. The fourth-order valence-electron chi connectivity index (χ4n) is 1.55. The molecule has 0 saturated carbocycles. The lowest BCUT2D eigenvalue weighted by Gasteiger charge is -2.10. The number of aliphatic hydroxyl groups is 1. The van der Waals surface area contributed by atoms with Gasteiger partial charge in [-0.05, 0) is 37.4 Å². The minimum absolute atomic E-state index is 0.601. The molecule has 2 nitrogen and oxygen atoms in total. The molecule has 78 valence electrons. The van der Waals surface area contributed by atoms with E-state index in [-0.39, 0.29) is 0 Å². The Morgan fingerprint density at radius 1 is 1.27 bits per heavy atom. The summed E-state index contributed by atoms with van der Waals surface area (Å²) in [6.45, 7) is 3.94. The van der Waals surface area contributed by atoms with Crippen LogP contribution in [0.25, 0.3) is 0 Å². The average molecular weight is 219 g/mol. The van der Waals surface area contributed by atoms with Crippen molar-refractivity contribution >= 4 is 11.3 Å². The van der Waals surface area contributed by atoms with Crippen LogP contribution in [0.2, 0.25) is 0 Å². The van der Waals surface area contributed by atoms with Gasteiger partial charge in [0.2, 0.25) is 0 Å². The van der Waals surface area contributed by atoms with Crippen molar-refractivity contribution in [3.05, 3.63) is 51.5 Å². The summed E-state index contributed by atoms with van der Waals surface area (Å²) in [5, 5.41) is 12.1. The van der Waals surface area contributed by atoms with E-state index in [0.29, 0.717) is 0 Å². The van der Waals surface area contributed by atoms with E-state index in [4.69, 9.17) is 0 Å². The minimum atomic E-state index is -0.601. The monoisotopic (exact) mass is 219 g/mol. The zero-order valence-electron chi connectivity index (χ0n) is 8.77. The first-order chi connectivity index (χ1) is 7.18. The number of aromatic nitrogens is 1. The smallest absolute Gasteiger partial charge is 0.122 e. The van der Waals surface area contributed by atoms with Gasteiger partial charge in [0.15, 0.2) is 0 Å². The summed E-state index contributed by atoms with van der Waals surface area (Å²) < 4.78 is 0. The van der Waals surface area contributed by atoms with Crippen LogP contribution in [0.1, 0.15) is 27.9 Å². The number of hydrogen-bond acceptors (Lipinski definition) is 3. The molecule has 0 radical (unpaired) electrons. The average Bonchev–Trinajstić information content (AvgIpc) is 2.63. The third kappa shape index (κ3) is 2.08. The summed E-state index contributed by atoms with van der Waals surface area (Å²) >= 11 is 1.64. The molecule has 1 N–H and O–H groups in total. The standard InChI is InChI=1S/C12H13NOS/c1-8-4-3-5-11(13-8)12(14)10-6-7-15-9(10)2/h3-7,12,14H,1-2H3. The van der Waals surface area contributed by atoms with Crippen LogP contribution in [0.15, 0.2) is 29.6 Å². The second-order valence-corrected chi connectivity index (χ2v) is 4.66. The van der Waals surface area contributed by atoms with Crippen LogP contribution in [0.5, 0.6) is 0 Å². The molecular formula is C12H13NOS. The molecule has 2 aromatic rings. The van der Waals surface area contributed by atoms with Gasteiger partial charge in [0.1, 0.15) is 6.10 Å². The highest BCUT2D eigenvalue weighted by Crippen LogP contribution is 2.26. The van der Waals surface area contributed by atoms with Gasteiger partial charge < -0.3 is 5.11 Å². The Labute approximate surface area is 93.2 Å². The first-order valence-corrected chi connectivity index (χ1v) is 5.72. The van der Waals surface area contributed by atoms with Crippen molar-refractivity contribution in [2.45, 2.75) is 20.0 Å². The Kier molecular flexibility index (Phi) is 2.84. The van der Waals surface area contributed by atoms with E-state index in [2.05, 4.69) is 4.98 Å². The molecule has 0 aliphatic heterocycles. The third-order valence-corrected chi connectivity index (χ3v) is 3.24. The van der Waals surface area contributed by atoms with Crippen molar-refractivity contribution < 1.29 is 5.11 Å². The van der Waals surface area contributed by atoms with Crippen molar-refractivity contribution in [3.63, 3.8) is 0 Å². The zero-order chi connectivity index (χ0) is 10.8. The van der Waals surface area contributed by atoms with Crippen LogP contribution in [0.3, 0.4) is 0 Å². The first kappa shape index (κ1) is 10.3. The number of pyridine rings is 1. The summed E-state index contributed by atoms with van der Waals surface area (Å²) in [7, 11) is 0. The highest BCUT2D eigenvalue weighted by atomic mass is 32.1. The van der Waals surface area contributed by atoms with Crippen LogP contribution in [0.4, 0.5) is 0 Å². The van der Waals surface area contributed by atoms with Crippen LogP contribution >= 0.6 is 11.3 Å². The van der Waals surface area contributed by atoms with Crippen molar-refractivity contribution in [1.82, 2.24) is 4.98 Å². The maximum absolute atomic E-state index is 10.1. The highest BCUT2D eigenvalue weighted by Gasteiger charge is 2.14. The molecule has 15 heavy (non-hydrogen) atoms. The highest BCUT2D eigenvalue weighted by molar-refractivity contribution is 7.10. The van der Waals surface area contributed by atoms with Gasteiger partial charge in [-0.3, -0.25) is 4.98 Å². The Morgan fingerprint density at radius 2 is 2.07 bits per heavy atom. The van der Waals surface area contributed by atoms with E-state index in [0.717, 1.165) is 21.8 Å². The first-order valence-electron chi connectivity index (χ1n) is 4.84. The molecular weight excluding hydrogens is 206 g/mol. The number of nitrogens with zero attached hydrogens (tertiary/aromatic N) is 1. The zero-order valence-corrected chi connectivity index (χ0v) is 9.58. The molecule has 0 amide bonds. The van der Waals surface area contributed by atoms with E-state index in [1.54, 1.807) is 11.3 Å². The molecule has 2 heterocycles. The fourth-order valence-corrected chi connectivity index (χ4v) is 2.29. The van der Waals surface area contributed by atoms with Crippen LogP contribution in [0, 0.1) is 13.8 Å². The second-order valence-electron chi connectivity index (χ2n) is 3.54. The van der Waals surface area contributed by atoms with E-state index >= 15 is 0 Å². The second kappa shape index (κ2) is 4.13. The number of aryl methyl sites for hydroxylation is 2. The van der Waals surface area contributed by atoms with Gasteiger partial charge >= 0.3 is 0 Å². The van der Waals surface area contributed by atoms with Crippen molar-refractivity contribution in [2.75, 3.05) is 0 Å². The lowest BCUT2D eigenvalue weighted by molar-refractivity contribution is 0.215. The maximum atomic E-state index is 10.1. The van der Waals surface area contributed by atoms with Crippen molar-refractivity contribution in [3.8, 4) is 0 Å². The molecule has 0 spiro atoms. The fraction of sp³-hybridized carbons (Fsp3) is 0.250. The molecule has 1 unspecified atom stereocenters. The number of aliphatic hydroxyl groups excluding tert-OH is 1. The summed E-state index contributed by atoms with van der Waals surface area (Å²) in [5.41, 5.74) is 2.61. The van der Waals surface area contributed by atoms with Gasteiger partial charge in [0.25, 0.3) is 0 Å².